The largest absolute Gasteiger partial charge is 0.397 e. The van der Waals surface area contributed by atoms with Gasteiger partial charge in [-0.1, -0.05) is 0 Å². The number of rotatable bonds is 1. The van der Waals surface area contributed by atoms with Gasteiger partial charge in [-0.3, -0.25) is 4.98 Å². The number of nitrogen functional groups attached to an aromatic ring is 1. The van der Waals surface area contributed by atoms with Gasteiger partial charge >= 0.3 is 0 Å². The quantitative estimate of drug-likeness (QED) is 0.710. The van der Waals surface area contributed by atoms with Crippen LogP contribution in [0.4, 0.5) is 5.69 Å². The first-order valence-corrected chi connectivity index (χ1v) is 4.66. The second-order valence-electron chi connectivity index (χ2n) is 3.36. The third-order valence-corrected chi connectivity index (χ3v) is 2.48. The maximum Gasteiger partial charge on any atom is 0.0665 e. The molecule has 0 unspecified atom stereocenters. The number of ether oxygens (including phenoxy) is 1. The van der Waals surface area contributed by atoms with Crippen LogP contribution in [-0.4, -0.2) is 18.2 Å². The molecule has 1 aromatic rings. The Hall–Kier alpha value is -1.09. The van der Waals surface area contributed by atoms with Crippen molar-refractivity contribution in [2.24, 2.45) is 0 Å². The van der Waals surface area contributed by atoms with E-state index in [0.29, 0.717) is 5.92 Å². The van der Waals surface area contributed by atoms with Gasteiger partial charge in [0.05, 0.1) is 11.4 Å². The third-order valence-electron chi connectivity index (χ3n) is 2.48. The van der Waals surface area contributed by atoms with Gasteiger partial charge in [0.1, 0.15) is 0 Å². The third kappa shape index (κ3) is 1.80. The highest BCUT2D eigenvalue weighted by atomic mass is 16.5. The number of anilines is 1. The van der Waals surface area contributed by atoms with E-state index in [2.05, 4.69) is 4.98 Å². The van der Waals surface area contributed by atoms with Gasteiger partial charge in [0, 0.05) is 25.3 Å². The Morgan fingerprint density at radius 3 is 2.85 bits per heavy atom. The van der Waals surface area contributed by atoms with Crippen LogP contribution in [0, 0.1) is 0 Å². The van der Waals surface area contributed by atoms with E-state index in [4.69, 9.17) is 10.5 Å². The molecule has 3 heteroatoms. The van der Waals surface area contributed by atoms with Gasteiger partial charge < -0.3 is 10.5 Å². The summed E-state index contributed by atoms with van der Waals surface area (Å²) in [4.78, 5) is 4.32. The first-order chi connectivity index (χ1) is 6.38. The van der Waals surface area contributed by atoms with Crippen LogP contribution in [0.2, 0.25) is 0 Å². The molecule has 1 aliphatic heterocycles. The first kappa shape index (κ1) is 8.51. The van der Waals surface area contributed by atoms with Crippen molar-refractivity contribution in [2.75, 3.05) is 18.9 Å². The van der Waals surface area contributed by atoms with E-state index >= 15 is 0 Å². The summed E-state index contributed by atoms with van der Waals surface area (Å²) in [6.45, 7) is 1.67. The number of pyridine rings is 1. The van der Waals surface area contributed by atoms with Crippen molar-refractivity contribution in [3.05, 3.63) is 24.0 Å². The van der Waals surface area contributed by atoms with E-state index in [1.165, 1.54) is 0 Å². The molecule has 13 heavy (non-hydrogen) atoms. The second-order valence-corrected chi connectivity index (χ2v) is 3.36. The maximum atomic E-state index is 5.85. The Morgan fingerprint density at radius 2 is 2.15 bits per heavy atom. The fraction of sp³-hybridized carbons (Fsp3) is 0.500. The molecule has 0 spiro atoms. The van der Waals surface area contributed by atoms with E-state index in [1.807, 2.05) is 12.1 Å². The topological polar surface area (TPSA) is 48.1 Å². The standard InChI is InChI=1S/C10H14N2O/c11-9-2-1-5-12-10(9)8-3-6-13-7-4-8/h1-2,5,8H,3-4,6-7,11H2. The normalized spacial score (nSPS) is 18.8. The summed E-state index contributed by atoms with van der Waals surface area (Å²) in [5.74, 6) is 0.495. The van der Waals surface area contributed by atoms with Crippen LogP contribution in [-0.2, 0) is 4.74 Å². The van der Waals surface area contributed by atoms with E-state index in [1.54, 1.807) is 6.20 Å². The van der Waals surface area contributed by atoms with Crippen LogP contribution >= 0.6 is 0 Å². The highest BCUT2D eigenvalue weighted by molar-refractivity contribution is 5.43. The zero-order chi connectivity index (χ0) is 9.10. The van der Waals surface area contributed by atoms with E-state index in [0.717, 1.165) is 37.4 Å². The number of hydrogen-bond donors (Lipinski definition) is 1. The fourth-order valence-electron chi connectivity index (χ4n) is 1.74. The van der Waals surface area contributed by atoms with Crippen molar-refractivity contribution in [1.82, 2.24) is 4.98 Å². The molecule has 0 aromatic carbocycles. The molecule has 0 amide bonds. The molecule has 2 rings (SSSR count). The van der Waals surface area contributed by atoms with Gasteiger partial charge in [-0.15, -0.1) is 0 Å². The predicted molar refractivity (Wildman–Crippen MR) is 51.4 cm³/mol. The van der Waals surface area contributed by atoms with Crippen molar-refractivity contribution in [3.8, 4) is 0 Å². The number of hydrogen-bond acceptors (Lipinski definition) is 3. The Kier molecular flexibility index (Phi) is 2.45. The van der Waals surface area contributed by atoms with Gasteiger partial charge in [-0.25, -0.2) is 0 Å². The molecule has 2 N–H and O–H groups in total. The van der Waals surface area contributed by atoms with E-state index in [9.17, 15) is 0 Å². The minimum atomic E-state index is 0.495. The molecule has 2 heterocycles. The molecule has 0 bridgehead atoms. The second kappa shape index (κ2) is 3.75. The van der Waals surface area contributed by atoms with Crippen molar-refractivity contribution < 1.29 is 4.74 Å². The number of nitrogens with zero attached hydrogens (tertiary/aromatic N) is 1. The molecular formula is C10H14N2O. The van der Waals surface area contributed by atoms with Gasteiger partial charge in [-0.2, -0.15) is 0 Å². The lowest BCUT2D eigenvalue weighted by molar-refractivity contribution is 0.0846. The Balaban J connectivity index is 2.18. The van der Waals surface area contributed by atoms with Crippen molar-refractivity contribution >= 4 is 5.69 Å². The molecule has 1 aromatic heterocycles. The zero-order valence-corrected chi connectivity index (χ0v) is 7.57. The average Bonchev–Trinajstić information content (AvgIpc) is 2.20. The number of aromatic nitrogens is 1. The molecule has 0 atom stereocenters. The summed E-state index contributed by atoms with van der Waals surface area (Å²) in [5.41, 5.74) is 7.71. The van der Waals surface area contributed by atoms with E-state index < -0.39 is 0 Å². The van der Waals surface area contributed by atoms with Gasteiger partial charge in [-0.05, 0) is 25.0 Å². The van der Waals surface area contributed by atoms with Crippen LogP contribution in [0.3, 0.4) is 0 Å². The van der Waals surface area contributed by atoms with Crippen LogP contribution < -0.4 is 5.73 Å². The van der Waals surface area contributed by atoms with Crippen molar-refractivity contribution in [3.63, 3.8) is 0 Å². The summed E-state index contributed by atoms with van der Waals surface area (Å²) in [5, 5.41) is 0. The average molecular weight is 178 g/mol. The maximum absolute atomic E-state index is 5.85. The highest BCUT2D eigenvalue weighted by Crippen LogP contribution is 2.28. The summed E-state index contributed by atoms with van der Waals surface area (Å²) in [6, 6.07) is 3.79. The fourth-order valence-corrected chi connectivity index (χ4v) is 1.74. The van der Waals surface area contributed by atoms with Crippen LogP contribution in [0.5, 0.6) is 0 Å². The Bertz CT molecular complexity index is 282. The molecule has 1 fully saturated rings. The lowest BCUT2D eigenvalue weighted by Gasteiger charge is -2.22. The number of nitrogens with two attached hydrogens (primary N) is 1. The summed E-state index contributed by atoms with van der Waals surface area (Å²) in [7, 11) is 0. The first-order valence-electron chi connectivity index (χ1n) is 4.66. The molecule has 1 saturated heterocycles. The lowest BCUT2D eigenvalue weighted by Crippen LogP contribution is -2.16. The minimum Gasteiger partial charge on any atom is -0.397 e. The highest BCUT2D eigenvalue weighted by Gasteiger charge is 2.18. The van der Waals surface area contributed by atoms with Crippen LogP contribution in [0.15, 0.2) is 18.3 Å². The monoisotopic (exact) mass is 178 g/mol. The Labute approximate surface area is 77.9 Å². The molecule has 0 saturated carbocycles. The van der Waals surface area contributed by atoms with E-state index in [-0.39, 0.29) is 0 Å². The van der Waals surface area contributed by atoms with Crippen molar-refractivity contribution in [2.45, 2.75) is 18.8 Å². The smallest absolute Gasteiger partial charge is 0.0665 e. The van der Waals surface area contributed by atoms with Crippen LogP contribution in [0.25, 0.3) is 0 Å². The van der Waals surface area contributed by atoms with Gasteiger partial charge in [0.25, 0.3) is 0 Å². The minimum absolute atomic E-state index is 0.495. The molecule has 1 aliphatic rings. The SMILES string of the molecule is Nc1cccnc1C1CCOCC1. The van der Waals surface area contributed by atoms with Gasteiger partial charge in [0.2, 0.25) is 0 Å². The Morgan fingerprint density at radius 1 is 1.38 bits per heavy atom. The summed E-state index contributed by atoms with van der Waals surface area (Å²) < 4.78 is 5.29. The summed E-state index contributed by atoms with van der Waals surface area (Å²) in [6.07, 6.45) is 3.89. The lowest BCUT2D eigenvalue weighted by atomic mass is 9.95. The molecule has 70 valence electrons. The molecule has 0 radical (unpaired) electrons. The van der Waals surface area contributed by atoms with Crippen LogP contribution in [0.1, 0.15) is 24.5 Å². The molecular weight excluding hydrogens is 164 g/mol. The summed E-state index contributed by atoms with van der Waals surface area (Å²) >= 11 is 0. The predicted octanol–water partition coefficient (Wildman–Crippen LogP) is 1.56. The zero-order valence-electron chi connectivity index (χ0n) is 7.57. The van der Waals surface area contributed by atoms with Gasteiger partial charge in [0.15, 0.2) is 0 Å². The van der Waals surface area contributed by atoms with Crippen molar-refractivity contribution in [1.29, 1.82) is 0 Å². The molecule has 0 aliphatic carbocycles. The molecule has 3 nitrogen and oxygen atoms in total.